The third-order valence-corrected chi connectivity index (χ3v) is 4.32. The molecule has 5 heteroatoms. The van der Waals surface area contributed by atoms with Crippen molar-refractivity contribution in [2.75, 3.05) is 5.32 Å². The van der Waals surface area contributed by atoms with E-state index in [-0.39, 0.29) is 17.8 Å². The number of carbonyl (C=O) groups is 2. The lowest BCUT2D eigenvalue weighted by atomic mass is 9.98. The minimum Gasteiger partial charge on any atom is -0.478 e. The van der Waals surface area contributed by atoms with Gasteiger partial charge >= 0.3 is 5.97 Å². The van der Waals surface area contributed by atoms with Gasteiger partial charge in [0, 0.05) is 24.1 Å². The maximum atomic E-state index is 12.6. The lowest BCUT2D eigenvalue weighted by Crippen LogP contribution is -2.30. The number of nitrogens with one attached hydrogen (secondary N) is 1. The van der Waals surface area contributed by atoms with Crippen LogP contribution in [-0.4, -0.2) is 18.0 Å². The average molecular weight is 339 g/mol. The molecule has 2 aromatic rings. The summed E-state index contributed by atoms with van der Waals surface area (Å²) in [5.41, 5.74) is 2.50. The van der Waals surface area contributed by atoms with E-state index in [1.165, 1.54) is 6.92 Å². The third-order valence-electron chi connectivity index (χ3n) is 4.32. The topological polar surface area (TPSA) is 64.6 Å². The number of fused-ring (bicyclic) bond motifs is 1. The Morgan fingerprint density at radius 1 is 1.16 bits per heavy atom. The second-order valence-corrected chi connectivity index (χ2v) is 6.25. The highest BCUT2D eigenvalue weighted by Gasteiger charge is 2.38. The van der Waals surface area contributed by atoms with Crippen LogP contribution in [0.4, 0.5) is 5.69 Å². The van der Waals surface area contributed by atoms with Crippen LogP contribution >= 0.6 is 0 Å². The van der Waals surface area contributed by atoms with Crippen LogP contribution in [0.15, 0.2) is 48.5 Å². The summed E-state index contributed by atoms with van der Waals surface area (Å²) in [5.74, 6) is 0.146. The molecule has 1 amide bonds. The van der Waals surface area contributed by atoms with E-state index < -0.39 is 12.2 Å². The van der Waals surface area contributed by atoms with Gasteiger partial charge in [0.05, 0.1) is 0 Å². The van der Waals surface area contributed by atoms with Gasteiger partial charge in [-0.3, -0.25) is 4.79 Å². The number of amides is 1. The molecule has 0 aromatic heterocycles. The molecule has 0 bridgehead atoms. The predicted molar refractivity (Wildman–Crippen MR) is 94.5 cm³/mol. The highest BCUT2D eigenvalue weighted by Crippen LogP contribution is 2.38. The summed E-state index contributed by atoms with van der Waals surface area (Å²) in [6.07, 6.45) is -1.08. The molecule has 3 atom stereocenters. The first-order chi connectivity index (χ1) is 12.0. The SMILES string of the molecule is CC(=O)Nc1cccc([C@H](C)OC(=O)[C@H]2Oc3ccccc3[C@@H]2C)c1. The maximum Gasteiger partial charge on any atom is 0.348 e. The van der Waals surface area contributed by atoms with Crippen molar-refractivity contribution < 1.29 is 19.1 Å². The molecule has 0 radical (unpaired) electrons. The Morgan fingerprint density at radius 3 is 2.64 bits per heavy atom. The molecule has 1 aliphatic heterocycles. The molecule has 1 heterocycles. The van der Waals surface area contributed by atoms with E-state index in [9.17, 15) is 9.59 Å². The van der Waals surface area contributed by atoms with Gasteiger partial charge in [0.25, 0.3) is 0 Å². The molecule has 0 aliphatic carbocycles. The Labute approximate surface area is 147 Å². The summed E-state index contributed by atoms with van der Waals surface area (Å²) < 4.78 is 11.4. The van der Waals surface area contributed by atoms with Gasteiger partial charge in [-0.1, -0.05) is 37.3 Å². The van der Waals surface area contributed by atoms with Crippen molar-refractivity contribution in [3.05, 3.63) is 59.7 Å². The summed E-state index contributed by atoms with van der Waals surface area (Å²) in [6, 6.07) is 14.9. The van der Waals surface area contributed by atoms with Gasteiger partial charge in [-0.05, 0) is 30.7 Å². The van der Waals surface area contributed by atoms with Crippen molar-refractivity contribution in [1.29, 1.82) is 0 Å². The van der Waals surface area contributed by atoms with E-state index in [0.717, 1.165) is 16.9 Å². The average Bonchev–Trinajstić information content (AvgIpc) is 2.92. The van der Waals surface area contributed by atoms with Gasteiger partial charge in [0.15, 0.2) is 0 Å². The molecule has 1 N–H and O–H groups in total. The van der Waals surface area contributed by atoms with Crippen molar-refractivity contribution in [2.24, 2.45) is 0 Å². The second-order valence-electron chi connectivity index (χ2n) is 6.25. The summed E-state index contributed by atoms with van der Waals surface area (Å²) in [4.78, 5) is 23.7. The molecular weight excluding hydrogens is 318 g/mol. The van der Waals surface area contributed by atoms with Crippen LogP contribution < -0.4 is 10.1 Å². The quantitative estimate of drug-likeness (QED) is 0.860. The fourth-order valence-electron chi connectivity index (χ4n) is 3.00. The Bertz CT molecular complexity index is 802. The highest BCUT2D eigenvalue weighted by molar-refractivity contribution is 5.88. The lowest BCUT2D eigenvalue weighted by molar-refractivity contribution is -0.157. The zero-order valence-electron chi connectivity index (χ0n) is 14.5. The number of rotatable bonds is 4. The molecule has 0 saturated carbocycles. The van der Waals surface area contributed by atoms with E-state index in [4.69, 9.17) is 9.47 Å². The molecule has 5 nitrogen and oxygen atoms in total. The van der Waals surface area contributed by atoms with Crippen molar-refractivity contribution in [1.82, 2.24) is 0 Å². The number of benzene rings is 2. The predicted octanol–water partition coefficient (Wildman–Crippen LogP) is 3.81. The zero-order valence-corrected chi connectivity index (χ0v) is 14.5. The highest BCUT2D eigenvalue weighted by atomic mass is 16.6. The van der Waals surface area contributed by atoms with Gasteiger partial charge < -0.3 is 14.8 Å². The van der Waals surface area contributed by atoms with Crippen LogP contribution in [0.5, 0.6) is 5.75 Å². The van der Waals surface area contributed by atoms with Gasteiger partial charge in [0.2, 0.25) is 12.0 Å². The monoisotopic (exact) mass is 339 g/mol. The van der Waals surface area contributed by atoms with Crippen LogP contribution in [0.1, 0.15) is 43.9 Å². The third kappa shape index (κ3) is 3.65. The number of hydrogen-bond donors (Lipinski definition) is 1. The Hall–Kier alpha value is -2.82. The smallest absolute Gasteiger partial charge is 0.348 e. The Morgan fingerprint density at radius 2 is 1.92 bits per heavy atom. The molecule has 0 spiro atoms. The number of anilines is 1. The van der Waals surface area contributed by atoms with Gasteiger partial charge in [0.1, 0.15) is 11.9 Å². The van der Waals surface area contributed by atoms with Crippen LogP contribution in [0.25, 0.3) is 0 Å². The number of para-hydroxylation sites is 1. The minimum absolute atomic E-state index is 0.0541. The Kier molecular flexibility index (Phi) is 4.74. The zero-order chi connectivity index (χ0) is 18.0. The largest absolute Gasteiger partial charge is 0.478 e. The van der Waals surface area contributed by atoms with Crippen molar-refractivity contribution >= 4 is 17.6 Å². The van der Waals surface area contributed by atoms with Crippen molar-refractivity contribution in [3.63, 3.8) is 0 Å². The van der Waals surface area contributed by atoms with Crippen molar-refractivity contribution in [3.8, 4) is 5.75 Å². The van der Waals surface area contributed by atoms with Crippen LogP contribution in [-0.2, 0) is 14.3 Å². The molecule has 130 valence electrons. The van der Waals surface area contributed by atoms with E-state index in [2.05, 4.69) is 5.32 Å². The van der Waals surface area contributed by atoms with Crippen molar-refractivity contribution in [2.45, 2.75) is 38.9 Å². The summed E-state index contributed by atoms with van der Waals surface area (Å²) >= 11 is 0. The molecule has 2 aromatic carbocycles. The number of esters is 1. The first kappa shape index (κ1) is 17.0. The second kappa shape index (κ2) is 6.97. The summed E-state index contributed by atoms with van der Waals surface area (Å²) in [7, 11) is 0. The fraction of sp³-hybridized carbons (Fsp3) is 0.300. The van der Waals surface area contributed by atoms with E-state index in [1.54, 1.807) is 19.1 Å². The van der Waals surface area contributed by atoms with Gasteiger partial charge in [-0.25, -0.2) is 4.79 Å². The summed E-state index contributed by atoms with van der Waals surface area (Å²) in [5, 5.41) is 2.72. The van der Waals surface area contributed by atoms with E-state index in [0.29, 0.717) is 5.69 Å². The van der Waals surface area contributed by atoms with Gasteiger partial charge in [-0.15, -0.1) is 0 Å². The fourth-order valence-corrected chi connectivity index (χ4v) is 3.00. The Balaban J connectivity index is 1.68. The van der Waals surface area contributed by atoms with Crippen LogP contribution in [0.3, 0.4) is 0 Å². The number of ether oxygens (including phenoxy) is 2. The maximum absolute atomic E-state index is 12.6. The number of carbonyl (C=O) groups excluding carboxylic acids is 2. The molecule has 25 heavy (non-hydrogen) atoms. The minimum atomic E-state index is -0.640. The normalized spacial score (nSPS) is 19.5. The lowest BCUT2D eigenvalue weighted by Gasteiger charge is -2.19. The molecule has 0 fully saturated rings. The molecule has 1 aliphatic rings. The van der Waals surface area contributed by atoms with Crippen LogP contribution in [0.2, 0.25) is 0 Å². The number of hydrogen-bond acceptors (Lipinski definition) is 4. The molecule has 3 rings (SSSR count). The van der Waals surface area contributed by atoms with E-state index in [1.807, 2.05) is 43.3 Å². The summed E-state index contributed by atoms with van der Waals surface area (Å²) in [6.45, 7) is 5.21. The standard InChI is InChI=1S/C20H21NO4/c1-12-17-9-4-5-10-18(17)25-19(12)20(23)24-13(2)15-7-6-8-16(11-15)21-14(3)22/h4-13,19H,1-3H3,(H,21,22)/t12-,13-,19-/m0/s1. The van der Waals surface area contributed by atoms with E-state index >= 15 is 0 Å². The molecule has 0 saturated heterocycles. The first-order valence-electron chi connectivity index (χ1n) is 8.29. The first-order valence-corrected chi connectivity index (χ1v) is 8.29. The van der Waals surface area contributed by atoms with Gasteiger partial charge in [-0.2, -0.15) is 0 Å². The molecule has 0 unspecified atom stereocenters. The molecular formula is C20H21NO4. The van der Waals surface area contributed by atoms with Crippen LogP contribution in [0, 0.1) is 0 Å².